The Hall–Kier alpha value is -1.70. The summed E-state index contributed by atoms with van der Waals surface area (Å²) in [5.74, 6) is 1.01. The van der Waals surface area contributed by atoms with Crippen LogP contribution < -0.4 is 5.32 Å². The van der Waals surface area contributed by atoms with Crippen LogP contribution >= 0.6 is 22.6 Å². The summed E-state index contributed by atoms with van der Waals surface area (Å²) in [6.45, 7) is 0.176. The molecule has 26 heavy (non-hydrogen) atoms. The lowest BCUT2D eigenvalue weighted by atomic mass is 9.63. The maximum absolute atomic E-state index is 12.9. The lowest BCUT2D eigenvalue weighted by Crippen LogP contribution is -2.40. The number of benzene rings is 1. The second-order valence-corrected chi connectivity index (χ2v) is 9.03. The number of hydrogen-bond donors (Lipinski definition) is 1. The fourth-order valence-corrected chi connectivity index (χ4v) is 5.57. The molecule has 1 aromatic rings. The average molecular weight is 462 g/mol. The van der Waals surface area contributed by atoms with Crippen molar-refractivity contribution in [1.82, 2.24) is 4.90 Å². The normalized spacial score (nSPS) is 36.1. The monoisotopic (exact) mass is 462 g/mol. The van der Waals surface area contributed by atoms with E-state index in [0.29, 0.717) is 11.8 Å². The number of imide groups is 1. The Balaban J connectivity index is 1.24. The van der Waals surface area contributed by atoms with E-state index in [2.05, 4.69) is 40.1 Å². The minimum atomic E-state index is -0.180. The van der Waals surface area contributed by atoms with Crippen molar-refractivity contribution in [2.45, 2.75) is 12.8 Å². The number of nitrogens with zero attached hydrogens (tertiary/aromatic N) is 1. The Morgan fingerprint density at radius 2 is 1.62 bits per heavy atom. The van der Waals surface area contributed by atoms with Crippen molar-refractivity contribution in [2.75, 3.05) is 11.9 Å². The van der Waals surface area contributed by atoms with Crippen LogP contribution in [0.15, 0.2) is 36.4 Å². The molecule has 2 bridgehead atoms. The summed E-state index contributed by atoms with van der Waals surface area (Å²) in [6, 6.07) is 7.52. The fraction of sp³-hybridized carbons (Fsp3) is 0.450. The molecule has 134 valence electrons. The van der Waals surface area contributed by atoms with Gasteiger partial charge in [0.25, 0.3) is 0 Å². The first kappa shape index (κ1) is 16.5. The van der Waals surface area contributed by atoms with Gasteiger partial charge in [0.05, 0.1) is 11.8 Å². The van der Waals surface area contributed by atoms with Gasteiger partial charge < -0.3 is 5.32 Å². The van der Waals surface area contributed by atoms with E-state index >= 15 is 0 Å². The number of carbonyl (C=O) groups excluding carboxylic acids is 3. The second kappa shape index (κ2) is 5.90. The molecule has 1 aliphatic heterocycles. The Bertz CT molecular complexity index is 798. The van der Waals surface area contributed by atoms with E-state index in [1.165, 1.54) is 4.90 Å². The van der Waals surface area contributed by atoms with Crippen molar-refractivity contribution in [3.63, 3.8) is 0 Å². The third-order valence-corrected chi connectivity index (χ3v) is 7.16. The minimum Gasteiger partial charge on any atom is -0.326 e. The van der Waals surface area contributed by atoms with Gasteiger partial charge in [-0.15, -0.1) is 0 Å². The van der Waals surface area contributed by atoms with Crippen molar-refractivity contribution in [2.24, 2.45) is 35.5 Å². The van der Waals surface area contributed by atoms with Crippen molar-refractivity contribution >= 4 is 46.0 Å². The summed E-state index contributed by atoms with van der Waals surface area (Å²) in [5, 5.41) is 2.83. The van der Waals surface area contributed by atoms with Crippen LogP contribution in [0.5, 0.6) is 0 Å². The molecule has 6 atom stereocenters. The Morgan fingerprint density at radius 1 is 1.04 bits per heavy atom. The van der Waals surface area contributed by atoms with Gasteiger partial charge >= 0.3 is 0 Å². The number of likely N-dealkylation sites (tertiary alicyclic amines) is 1. The van der Waals surface area contributed by atoms with E-state index in [9.17, 15) is 14.4 Å². The summed E-state index contributed by atoms with van der Waals surface area (Å²) in [4.78, 5) is 39.3. The molecule has 3 amide bonds. The number of amides is 3. The molecule has 6 unspecified atom stereocenters. The number of carbonyl (C=O) groups is 3. The van der Waals surface area contributed by atoms with E-state index in [0.717, 1.165) is 15.7 Å². The van der Waals surface area contributed by atoms with Crippen LogP contribution in [0, 0.1) is 39.1 Å². The van der Waals surface area contributed by atoms with Crippen molar-refractivity contribution in [3.05, 3.63) is 40.0 Å². The lowest BCUT2D eigenvalue weighted by Gasteiger charge is -2.37. The zero-order chi connectivity index (χ0) is 18.0. The highest BCUT2D eigenvalue weighted by Crippen LogP contribution is 2.65. The number of nitrogens with one attached hydrogen (secondary N) is 1. The first-order chi connectivity index (χ1) is 12.5. The van der Waals surface area contributed by atoms with Crippen molar-refractivity contribution in [1.29, 1.82) is 0 Å². The van der Waals surface area contributed by atoms with E-state index in [1.54, 1.807) is 0 Å². The van der Waals surface area contributed by atoms with E-state index < -0.39 is 0 Å². The molecule has 1 aromatic carbocycles. The van der Waals surface area contributed by atoms with Crippen LogP contribution in [0.2, 0.25) is 0 Å². The maximum atomic E-state index is 12.9. The van der Waals surface area contributed by atoms with Gasteiger partial charge in [-0.05, 0) is 76.9 Å². The average Bonchev–Trinajstić information content (AvgIpc) is 3.41. The standard InChI is InChI=1S/C20H19IN2O3/c21-10-1-3-11(4-2-10)22-16(24)7-8-23-19(25)17-12-5-6-13(15-9-14(12)15)18(17)20(23)26/h1-6,12-15,17-18H,7-9H2,(H,22,24). The number of hydrogen-bond acceptors (Lipinski definition) is 3. The molecule has 3 fully saturated rings. The Morgan fingerprint density at radius 3 is 2.19 bits per heavy atom. The van der Waals surface area contributed by atoms with E-state index in [1.807, 2.05) is 24.3 Å². The van der Waals surface area contributed by atoms with E-state index in [4.69, 9.17) is 0 Å². The number of rotatable bonds is 4. The van der Waals surface area contributed by atoms with Crippen molar-refractivity contribution < 1.29 is 14.4 Å². The molecule has 5 aliphatic rings. The molecule has 4 aliphatic carbocycles. The quantitative estimate of drug-likeness (QED) is 0.425. The third-order valence-electron chi connectivity index (χ3n) is 6.44. The SMILES string of the molecule is O=C(CCN1C(=O)C2C3C=CC(C4CC34)C2C1=O)Nc1ccc(I)cc1. The maximum Gasteiger partial charge on any atom is 0.233 e. The van der Waals surface area contributed by atoms with Gasteiger partial charge in [0.2, 0.25) is 17.7 Å². The number of halogens is 1. The molecule has 6 rings (SSSR count). The Labute approximate surface area is 165 Å². The lowest BCUT2D eigenvalue weighted by molar-refractivity contribution is -0.140. The number of anilines is 1. The van der Waals surface area contributed by atoms with Gasteiger partial charge in [-0.3, -0.25) is 19.3 Å². The molecule has 1 heterocycles. The molecule has 0 radical (unpaired) electrons. The molecular formula is C20H19IN2O3. The largest absolute Gasteiger partial charge is 0.326 e. The van der Waals surface area contributed by atoms with Crippen LogP contribution in [0.1, 0.15) is 12.8 Å². The predicted molar refractivity (Wildman–Crippen MR) is 104 cm³/mol. The molecule has 1 saturated heterocycles. The van der Waals surface area contributed by atoms with E-state index in [-0.39, 0.29) is 54.4 Å². The highest BCUT2D eigenvalue weighted by Gasteiger charge is 2.66. The summed E-state index contributed by atoms with van der Waals surface area (Å²) in [5.41, 5.74) is 0.727. The summed E-state index contributed by atoms with van der Waals surface area (Å²) in [6.07, 6.45) is 5.63. The summed E-state index contributed by atoms with van der Waals surface area (Å²) in [7, 11) is 0. The fourth-order valence-electron chi connectivity index (χ4n) is 5.21. The number of allylic oxidation sites excluding steroid dienone is 2. The molecule has 1 N–H and O–H groups in total. The van der Waals surface area contributed by atoms with Gasteiger partial charge in [-0.2, -0.15) is 0 Å². The minimum absolute atomic E-state index is 0.0632. The first-order valence-corrected chi connectivity index (χ1v) is 10.2. The second-order valence-electron chi connectivity index (χ2n) is 7.79. The molecule has 2 saturated carbocycles. The molecule has 0 aromatic heterocycles. The third kappa shape index (κ3) is 2.45. The van der Waals surface area contributed by atoms with Crippen LogP contribution in [-0.2, 0) is 14.4 Å². The highest BCUT2D eigenvalue weighted by atomic mass is 127. The zero-order valence-corrected chi connectivity index (χ0v) is 16.3. The van der Waals surface area contributed by atoms with Crippen LogP contribution in [0.4, 0.5) is 5.69 Å². The van der Waals surface area contributed by atoms with Crippen LogP contribution in [0.3, 0.4) is 0 Å². The molecule has 5 nitrogen and oxygen atoms in total. The van der Waals surface area contributed by atoms with Gasteiger partial charge in [0.15, 0.2) is 0 Å². The summed E-state index contributed by atoms with van der Waals surface area (Å²) >= 11 is 2.21. The smallest absolute Gasteiger partial charge is 0.233 e. The molecular weight excluding hydrogens is 443 g/mol. The van der Waals surface area contributed by atoms with Gasteiger partial charge in [0.1, 0.15) is 0 Å². The van der Waals surface area contributed by atoms with Crippen LogP contribution in [-0.4, -0.2) is 29.2 Å². The topological polar surface area (TPSA) is 66.5 Å². The van der Waals surface area contributed by atoms with Crippen LogP contribution in [0.25, 0.3) is 0 Å². The van der Waals surface area contributed by atoms with Gasteiger partial charge in [-0.1, -0.05) is 12.2 Å². The predicted octanol–water partition coefficient (Wildman–Crippen LogP) is 2.67. The highest BCUT2D eigenvalue weighted by molar-refractivity contribution is 14.1. The van der Waals surface area contributed by atoms with Gasteiger partial charge in [-0.25, -0.2) is 0 Å². The Kier molecular flexibility index (Phi) is 3.74. The molecule has 6 heteroatoms. The van der Waals surface area contributed by atoms with Gasteiger partial charge in [0, 0.05) is 22.2 Å². The first-order valence-electron chi connectivity index (χ1n) is 9.13. The summed E-state index contributed by atoms with van der Waals surface area (Å²) < 4.78 is 1.10. The zero-order valence-electron chi connectivity index (χ0n) is 14.1. The molecule has 0 spiro atoms. The van der Waals surface area contributed by atoms with Crippen molar-refractivity contribution in [3.8, 4) is 0 Å².